The van der Waals surface area contributed by atoms with Crippen LogP contribution < -0.4 is 5.32 Å². The summed E-state index contributed by atoms with van der Waals surface area (Å²) in [6.45, 7) is 2.29. The summed E-state index contributed by atoms with van der Waals surface area (Å²) in [5, 5.41) is 4.64. The predicted molar refractivity (Wildman–Crippen MR) is 98.9 cm³/mol. The number of rotatable bonds is 6. The van der Waals surface area contributed by atoms with Crippen LogP contribution in [0.3, 0.4) is 0 Å². The fourth-order valence-corrected chi connectivity index (χ4v) is 3.72. The second-order valence-electron chi connectivity index (χ2n) is 7.27. The minimum atomic E-state index is -0.272. The normalized spacial score (nSPS) is 17.5. The molecule has 134 valence electrons. The molecule has 0 aromatic heterocycles. The van der Waals surface area contributed by atoms with Crippen LogP contribution >= 0.6 is 0 Å². The number of imide groups is 1. The van der Waals surface area contributed by atoms with Gasteiger partial charge >= 0.3 is 0 Å². The van der Waals surface area contributed by atoms with E-state index in [2.05, 4.69) is 5.32 Å². The highest BCUT2D eigenvalue weighted by Crippen LogP contribution is 2.32. The van der Waals surface area contributed by atoms with E-state index in [-0.39, 0.29) is 30.3 Å². The third-order valence-electron chi connectivity index (χ3n) is 5.36. The van der Waals surface area contributed by atoms with Gasteiger partial charge in [-0.25, -0.2) is 0 Å². The zero-order chi connectivity index (χ0) is 18.3. The number of amides is 3. The zero-order valence-corrected chi connectivity index (χ0v) is 14.8. The van der Waals surface area contributed by atoms with Crippen LogP contribution in [0.2, 0.25) is 0 Å². The highest BCUT2D eigenvalue weighted by atomic mass is 16.2. The molecule has 5 nitrogen and oxygen atoms in total. The summed E-state index contributed by atoms with van der Waals surface area (Å²) in [5.74, 6) is 0.0575. The van der Waals surface area contributed by atoms with Gasteiger partial charge in [-0.1, -0.05) is 24.3 Å². The van der Waals surface area contributed by atoms with Crippen LogP contribution in [0.5, 0.6) is 0 Å². The Morgan fingerprint density at radius 3 is 2.31 bits per heavy atom. The summed E-state index contributed by atoms with van der Waals surface area (Å²) in [7, 11) is 0. The average Bonchev–Trinajstić information content (AvgIpc) is 3.47. The van der Waals surface area contributed by atoms with Crippen LogP contribution in [0.1, 0.15) is 53.3 Å². The number of hydrogen-bond acceptors (Lipinski definition) is 3. The van der Waals surface area contributed by atoms with Gasteiger partial charge in [-0.3, -0.25) is 19.3 Å². The fourth-order valence-electron chi connectivity index (χ4n) is 3.72. The molecule has 1 N–H and O–H groups in total. The maximum absolute atomic E-state index is 12.8. The van der Waals surface area contributed by atoms with Gasteiger partial charge in [0, 0.05) is 35.5 Å². The van der Waals surface area contributed by atoms with Gasteiger partial charge in [-0.2, -0.15) is 0 Å². The largest absolute Gasteiger partial charge is 0.353 e. The minimum Gasteiger partial charge on any atom is -0.353 e. The Hall–Kier alpha value is -2.69. The first-order valence-electron chi connectivity index (χ1n) is 9.23. The van der Waals surface area contributed by atoms with Gasteiger partial charge < -0.3 is 5.32 Å². The maximum Gasteiger partial charge on any atom is 0.261 e. The molecular formula is C21H22N2O3. The van der Waals surface area contributed by atoms with Gasteiger partial charge in [-0.05, 0) is 49.6 Å². The molecule has 0 spiro atoms. The van der Waals surface area contributed by atoms with Crippen molar-refractivity contribution in [3.63, 3.8) is 0 Å². The number of nitrogens with zero attached hydrogens (tertiary/aromatic N) is 1. The Morgan fingerprint density at radius 2 is 1.73 bits per heavy atom. The van der Waals surface area contributed by atoms with Crippen LogP contribution in [-0.4, -0.2) is 35.2 Å². The molecule has 1 fully saturated rings. The predicted octanol–water partition coefficient (Wildman–Crippen LogP) is 3.13. The van der Waals surface area contributed by atoms with Gasteiger partial charge in [0.25, 0.3) is 11.8 Å². The molecule has 3 amide bonds. The van der Waals surface area contributed by atoms with E-state index >= 15 is 0 Å². The lowest BCUT2D eigenvalue weighted by atomic mass is 9.94. The Labute approximate surface area is 152 Å². The smallest absolute Gasteiger partial charge is 0.261 e. The summed E-state index contributed by atoms with van der Waals surface area (Å²) in [6, 6.07) is 11.2. The Morgan fingerprint density at radius 1 is 1.12 bits per heavy atom. The molecule has 1 atom stereocenters. The Kier molecular flexibility index (Phi) is 4.23. The molecular weight excluding hydrogens is 328 g/mol. The van der Waals surface area contributed by atoms with Crippen molar-refractivity contribution in [1.29, 1.82) is 0 Å². The van der Waals surface area contributed by atoms with Crippen molar-refractivity contribution in [2.45, 2.75) is 38.6 Å². The van der Waals surface area contributed by atoms with Crippen molar-refractivity contribution < 1.29 is 14.4 Å². The van der Waals surface area contributed by atoms with Crippen molar-refractivity contribution in [2.24, 2.45) is 5.92 Å². The second kappa shape index (κ2) is 6.56. The third-order valence-corrected chi connectivity index (χ3v) is 5.36. The Balaban J connectivity index is 1.44. The number of carbonyl (C=O) groups is 3. The Bertz CT molecular complexity index is 851. The highest BCUT2D eigenvalue weighted by molar-refractivity contribution is 6.25. The van der Waals surface area contributed by atoms with Crippen molar-refractivity contribution in [3.8, 4) is 0 Å². The van der Waals surface area contributed by atoms with Crippen LogP contribution in [0.15, 0.2) is 36.4 Å². The zero-order valence-electron chi connectivity index (χ0n) is 14.8. The monoisotopic (exact) mass is 350 g/mol. The van der Waals surface area contributed by atoms with Gasteiger partial charge in [0.05, 0.1) is 0 Å². The summed E-state index contributed by atoms with van der Waals surface area (Å²) in [6.07, 6.45) is 3.16. The topological polar surface area (TPSA) is 66.5 Å². The molecule has 4 rings (SSSR count). The summed E-state index contributed by atoms with van der Waals surface area (Å²) in [5.41, 5.74) is 1.12. The van der Waals surface area contributed by atoms with E-state index in [1.165, 1.54) is 17.7 Å². The van der Waals surface area contributed by atoms with Gasteiger partial charge in [0.15, 0.2) is 0 Å². The molecule has 0 saturated heterocycles. The van der Waals surface area contributed by atoms with Crippen LogP contribution in [0, 0.1) is 5.92 Å². The van der Waals surface area contributed by atoms with Crippen molar-refractivity contribution in [3.05, 3.63) is 47.5 Å². The van der Waals surface area contributed by atoms with Crippen LogP contribution in [-0.2, 0) is 4.79 Å². The lowest BCUT2D eigenvalue weighted by Gasteiger charge is -2.27. The fraction of sp³-hybridized carbons (Fsp3) is 0.381. The SMILES string of the molecule is C[C@@H](NC(=O)CCCN1C(=O)c2cccc3cccc(c23)C1=O)C1CC1. The number of benzene rings is 2. The minimum absolute atomic E-state index is 0.0104. The van der Waals surface area contributed by atoms with Crippen molar-refractivity contribution in [2.75, 3.05) is 6.54 Å². The van der Waals surface area contributed by atoms with E-state index < -0.39 is 0 Å². The van der Waals surface area contributed by atoms with Crippen molar-refractivity contribution in [1.82, 2.24) is 10.2 Å². The molecule has 0 bridgehead atoms. The summed E-state index contributed by atoms with van der Waals surface area (Å²) >= 11 is 0. The molecule has 2 aromatic rings. The number of hydrogen-bond donors (Lipinski definition) is 1. The van der Waals surface area contributed by atoms with Gasteiger partial charge in [-0.15, -0.1) is 0 Å². The number of nitrogens with one attached hydrogen (secondary N) is 1. The first kappa shape index (κ1) is 16.8. The summed E-state index contributed by atoms with van der Waals surface area (Å²) < 4.78 is 0. The first-order valence-corrected chi connectivity index (χ1v) is 9.23. The van der Waals surface area contributed by atoms with E-state index in [1.807, 2.05) is 31.2 Å². The molecule has 1 saturated carbocycles. The van der Waals surface area contributed by atoms with Crippen LogP contribution in [0.25, 0.3) is 10.8 Å². The van der Waals surface area contributed by atoms with E-state index in [4.69, 9.17) is 0 Å². The standard InChI is InChI=1S/C21H22N2O3/c1-13(14-10-11-14)22-18(24)9-4-12-23-20(25)16-7-2-5-15-6-3-8-17(19(15)16)21(23)26/h2-3,5-8,13-14H,4,9-12H2,1H3,(H,22,24)/t13-/m1/s1. The molecule has 26 heavy (non-hydrogen) atoms. The second-order valence-corrected chi connectivity index (χ2v) is 7.27. The molecule has 1 aliphatic heterocycles. The lowest BCUT2D eigenvalue weighted by molar-refractivity contribution is -0.122. The quantitative estimate of drug-likeness (QED) is 0.814. The lowest BCUT2D eigenvalue weighted by Crippen LogP contribution is -2.41. The van der Waals surface area contributed by atoms with E-state index in [0.29, 0.717) is 29.9 Å². The molecule has 1 aliphatic carbocycles. The van der Waals surface area contributed by atoms with Crippen LogP contribution in [0.4, 0.5) is 0 Å². The number of carbonyl (C=O) groups excluding carboxylic acids is 3. The van der Waals surface area contributed by atoms with Crippen molar-refractivity contribution >= 4 is 28.5 Å². The van der Waals surface area contributed by atoms with E-state index in [1.54, 1.807) is 12.1 Å². The molecule has 5 heteroatoms. The van der Waals surface area contributed by atoms with E-state index in [0.717, 1.165) is 10.8 Å². The van der Waals surface area contributed by atoms with Gasteiger partial charge in [0.1, 0.15) is 0 Å². The van der Waals surface area contributed by atoms with Gasteiger partial charge in [0.2, 0.25) is 5.91 Å². The molecule has 0 unspecified atom stereocenters. The average molecular weight is 350 g/mol. The highest BCUT2D eigenvalue weighted by Gasteiger charge is 2.32. The van der Waals surface area contributed by atoms with E-state index in [9.17, 15) is 14.4 Å². The molecule has 2 aliphatic rings. The molecule has 2 aromatic carbocycles. The maximum atomic E-state index is 12.8. The molecule has 1 heterocycles. The molecule has 0 radical (unpaired) electrons. The summed E-state index contributed by atoms with van der Waals surface area (Å²) in [4.78, 5) is 38.9. The third kappa shape index (κ3) is 2.98. The first-order chi connectivity index (χ1) is 12.6.